The number of carbonyl (C=O) groups is 1. The number of nitriles is 1. The Hall–Kier alpha value is -3.46. The normalized spacial score (nSPS) is 10.6. The lowest BCUT2D eigenvalue weighted by Gasteiger charge is -2.12. The zero-order valence-electron chi connectivity index (χ0n) is 13.4. The van der Waals surface area contributed by atoms with E-state index in [1.807, 2.05) is 49.3 Å². The minimum Gasteiger partial charge on any atom is -0.506 e. The second-order valence-electron chi connectivity index (χ2n) is 5.23. The molecule has 0 radical (unpaired) electrons. The number of nitrogens with zero attached hydrogens (tertiary/aromatic N) is 2. The monoisotopic (exact) mass is 322 g/mol. The Morgan fingerprint density at radius 2 is 1.83 bits per heavy atom. The Balaban J connectivity index is 2.07. The van der Waals surface area contributed by atoms with Gasteiger partial charge in [0.2, 0.25) is 0 Å². The van der Waals surface area contributed by atoms with Crippen molar-refractivity contribution in [2.24, 2.45) is 0 Å². The molecule has 0 saturated carbocycles. The predicted molar refractivity (Wildman–Crippen MR) is 94.8 cm³/mol. The van der Waals surface area contributed by atoms with Crippen molar-refractivity contribution in [3.05, 3.63) is 60.3 Å². The third-order valence-corrected chi connectivity index (χ3v) is 3.28. The number of anilines is 3. The molecule has 2 rings (SSSR count). The number of phenols is 1. The van der Waals surface area contributed by atoms with E-state index < -0.39 is 5.91 Å². The summed E-state index contributed by atoms with van der Waals surface area (Å²) in [5, 5.41) is 24.2. The van der Waals surface area contributed by atoms with E-state index in [9.17, 15) is 9.90 Å². The highest BCUT2D eigenvalue weighted by Crippen LogP contribution is 2.22. The summed E-state index contributed by atoms with van der Waals surface area (Å²) in [5.74, 6) is -0.660. The Bertz CT molecular complexity index is 789. The second-order valence-corrected chi connectivity index (χ2v) is 5.23. The van der Waals surface area contributed by atoms with E-state index >= 15 is 0 Å². The van der Waals surface area contributed by atoms with Crippen molar-refractivity contribution in [1.29, 1.82) is 5.26 Å². The van der Waals surface area contributed by atoms with E-state index in [0.29, 0.717) is 0 Å². The van der Waals surface area contributed by atoms with E-state index in [4.69, 9.17) is 5.26 Å². The molecule has 0 aliphatic carbocycles. The minimum atomic E-state index is -0.601. The molecule has 0 aliphatic heterocycles. The van der Waals surface area contributed by atoms with Gasteiger partial charge in [0.05, 0.1) is 5.69 Å². The quantitative estimate of drug-likeness (QED) is 0.447. The number of nitrogens with one attached hydrogen (secondary N) is 2. The number of para-hydroxylation sites is 2. The van der Waals surface area contributed by atoms with Gasteiger partial charge in [-0.15, -0.1) is 0 Å². The summed E-state index contributed by atoms with van der Waals surface area (Å²) >= 11 is 0. The van der Waals surface area contributed by atoms with Crippen LogP contribution in [0, 0.1) is 11.3 Å². The van der Waals surface area contributed by atoms with Crippen LogP contribution in [0.2, 0.25) is 0 Å². The molecule has 6 nitrogen and oxygen atoms in total. The average molecular weight is 322 g/mol. The van der Waals surface area contributed by atoms with Crippen LogP contribution in [0.3, 0.4) is 0 Å². The van der Waals surface area contributed by atoms with Crippen LogP contribution in [0.5, 0.6) is 5.75 Å². The van der Waals surface area contributed by atoms with E-state index in [0.717, 1.165) is 11.4 Å². The van der Waals surface area contributed by atoms with Gasteiger partial charge < -0.3 is 20.6 Å². The maximum Gasteiger partial charge on any atom is 0.267 e. The first-order chi connectivity index (χ1) is 11.5. The number of benzene rings is 2. The molecular weight excluding hydrogens is 304 g/mol. The summed E-state index contributed by atoms with van der Waals surface area (Å²) in [6.07, 6.45) is 1.33. The molecule has 122 valence electrons. The number of carbonyl (C=O) groups excluding carboxylic acids is 1. The SMILES string of the molecule is CN(C)c1ccc(N/C=C(/C#N)C(=O)Nc2ccccc2O)cc1. The number of hydrogen-bond donors (Lipinski definition) is 3. The van der Waals surface area contributed by atoms with E-state index in [1.54, 1.807) is 18.2 Å². The highest BCUT2D eigenvalue weighted by Gasteiger charge is 2.11. The summed E-state index contributed by atoms with van der Waals surface area (Å²) in [6, 6.07) is 15.7. The number of amides is 1. The number of aromatic hydroxyl groups is 1. The highest BCUT2D eigenvalue weighted by molar-refractivity contribution is 6.07. The minimum absolute atomic E-state index is 0.0598. The van der Waals surface area contributed by atoms with Crippen LogP contribution in [0.1, 0.15) is 0 Å². The molecule has 0 heterocycles. The van der Waals surface area contributed by atoms with Crippen LogP contribution in [0.4, 0.5) is 17.1 Å². The number of phenolic OH excluding ortho intramolecular Hbond substituents is 1. The van der Waals surface area contributed by atoms with Crippen LogP contribution in [-0.2, 0) is 4.79 Å². The average Bonchev–Trinajstić information content (AvgIpc) is 2.58. The summed E-state index contributed by atoms with van der Waals surface area (Å²) in [5.41, 5.74) is 1.94. The molecule has 3 N–H and O–H groups in total. The van der Waals surface area contributed by atoms with Gasteiger partial charge in [-0.1, -0.05) is 12.1 Å². The van der Waals surface area contributed by atoms with Crippen molar-refractivity contribution >= 4 is 23.0 Å². The molecule has 0 saturated heterocycles. The molecule has 0 aliphatic rings. The molecular formula is C18H18N4O2. The zero-order chi connectivity index (χ0) is 17.5. The van der Waals surface area contributed by atoms with Crippen molar-refractivity contribution in [3.63, 3.8) is 0 Å². The number of rotatable bonds is 5. The fourth-order valence-corrected chi connectivity index (χ4v) is 1.93. The predicted octanol–water partition coefficient (Wildman–Crippen LogP) is 2.92. The van der Waals surface area contributed by atoms with Crippen LogP contribution < -0.4 is 15.5 Å². The first-order valence-electron chi connectivity index (χ1n) is 7.25. The largest absolute Gasteiger partial charge is 0.506 e. The van der Waals surface area contributed by atoms with Crippen LogP contribution in [-0.4, -0.2) is 25.1 Å². The van der Waals surface area contributed by atoms with Gasteiger partial charge in [-0.25, -0.2) is 0 Å². The van der Waals surface area contributed by atoms with Crippen LogP contribution >= 0.6 is 0 Å². The van der Waals surface area contributed by atoms with E-state index in [2.05, 4.69) is 10.6 Å². The van der Waals surface area contributed by atoms with Gasteiger partial charge >= 0.3 is 0 Å². The van der Waals surface area contributed by atoms with Gasteiger partial charge in [-0.05, 0) is 36.4 Å². The first kappa shape index (κ1) is 16.9. The molecule has 2 aromatic carbocycles. The maximum atomic E-state index is 12.1. The summed E-state index contributed by atoms with van der Waals surface area (Å²) < 4.78 is 0. The zero-order valence-corrected chi connectivity index (χ0v) is 13.4. The molecule has 0 unspecified atom stereocenters. The van der Waals surface area contributed by atoms with Crippen molar-refractivity contribution in [2.75, 3.05) is 29.6 Å². The molecule has 6 heteroatoms. The van der Waals surface area contributed by atoms with Crippen LogP contribution in [0.15, 0.2) is 60.3 Å². The Morgan fingerprint density at radius 3 is 2.42 bits per heavy atom. The molecule has 0 aromatic heterocycles. The Morgan fingerprint density at radius 1 is 1.17 bits per heavy atom. The topological polar surface area (TPSA) is 88.4 Å². The molecule has 1 amide bonds. The molecule has 2 aromatic rings. The Kier molecular flexibility index (Phi) is 5.42. The summed E-state index contributed by atoms with van der Waals surface area (Å²) in [6.45, 7) is 0. The summed E-state index contributed by atoms with van der Waals surface area (Å²) in [4.78, 5) is 14.1. The lowest BCUT2D eigenvalue weighted by molar-refractivity contribution is -0.112. The summed E-state index contributed by atoms with van der Waals surface area (Å²) in [7, 11) is 3.89. The van der Waals surface area contributed by atoms with Crippen molar-refractivity contribution < 1.29 is 9.90 Å². The fraction of sp³-hybridized carbons (Fsp3) is 0.111. The van der Waals surface area contributed by atoms with Gasteiger partial charge in [-0.2, -0.15) is 5.26 Å². The first-order valence-corrected chi connectivity index (χ1v) is 7.25. The van der Waals surface area contributed by atoms with Gasteiger partial charge in [0.1, 0.15) is 17.4 Å². The Labute approximate surface area is 140 Å². The standard InChI is InChI=1S/C18H18N4O2/c1-22(2)15-9-7-14(8-10-15)20-12-13(11-19)18(24)21-16-5-3-4-6-17(16)23/h3-10,12,20,23H,1-2H3,(H,21,24)/b13-12-. The van der Waals surface area contributed by atoms with Crippen molar-refractivity contribution in [1.82, 2.24) is 0 Å². The molecule has 0 bridgehead atoms. The third-order valence-electron chi connectivity index (χ3n) is 3.28. The van der Waals surface area contributed by atoms with E-state index in [-0.39, 0.29) is 17.0 Å². The maximum absolute atomic E-state index is 12.1. The van der Waals surface area contributed by atoms with Gasteiger partial charge in [-0.3, -0.25) is 4.79 Å². The van der Waals surface area contributed by atoms with Crippen molar-refractivity contribution in [2.45, 2.75) is 0 Å². The highest BCUT2D eigenvalue weighted by atomic mass is 16.3. The van der Waals surface area contributed by atoms with Gasteiger partial charge in [0.25, 0.3) is 5.91 Å². The second kappa shape index (κ2) is 7.70. The van der Waals surface area contributed by atoms with Crippen LogP contribution in [0.25, 0.3) is 0 Å². The van der Waals surface area contributed by atoms with Gasteiger partial charge in [0, 0.05) is 31.7 Å². The third kappa shape index (κ3) is 4.27. The lowest BCUT2D eigenvalue weighted by Crippen LogP contribution is -2.14. The smallest absolute Gasteiger partial charge is 0.267 e. The lowest BCUT2D eigenvalue weighted by atomic mass is 10.2. The number of hydrogen-bond acceptors (Lipinski definition) is 5. The van der Waals surface area contributed by atoms with Gasteiger partial charge in [0.15, 0.2) is 0 Å². The molecule has 0 fully saturated rings. The molecule has 24 heavy (non-hydrogen) atoms. The molecule has 0 spiro atoms. The van der Waals surface area contributed by atoms with Crippen molar-refractivity contribution in [3.8, 4) is 11.8 Å². The fourth-order valence-electron chi connectivity index (χ4n) is 1.93. The van der Waals surface area contributed by atoms with E-state index in [1.165, 1.54) is 12.3 Å². The molecule has 0 atom stereocenters.